The summed E-state index contributed by atoms with van der Waals surface area (Å²) in [6, 6.07) is 6.67. The maximum Gasteiger partial charge on any atom is 0.257 e. The van der Waals surface area contributed by atoms with Gasteiger partial charge in [-0.05, 0) is 43.7 Å². The first-order valence-corrected chi connectivity index (χ1v) is 8.13. The summed E-state index contributed by atoms with van der Waals surface area (Å²) in [5.74, 6) is 0.525. The molecule has 4 nitrogen and oxygen atoms in total. The second-order valence-corrected chi connectivity index (χ2v) is 6.61. The summed E-state index contributed by atoms with van der Waals surface area (Å²) in [7, 11) is 0. The van der Waals surface area contributed by atoms with Crippen molar-refractivity contribution in [2.75, 3.05) is 16.8 Å². The molecule has 3 aliphatic rings. The van der Waals surface area contributed by atoms with Crippen LogP contribution in [-0.2, 0) is 4.79 Å². The Balaban J connectivity index is 1.64. The van der Waals surface area contributed by atoms with E-state index in [0.29, 0.717) is 11.6 Å². The van der Waals surface area contributed by atoms with Gasteiger partial charge in [-0.3, -0.25) is 4.79 Å². The van der Waals surface area contributed by atoms with E-state index in [1.54, 1.807) is 0 Å². The molecule has 21 heavy (non-hydrogen) atoms. The van der Waals surface area contributed by atoms with Crippen molar-refractivity contribution in [2.45, 2.75) is 50.7 Å². The fraction of sp³-hybridized carbons (Fsp3) is 0.588. The summed E-state index contributed by atoms with van der Waals surface area (Å²) in [5, 5.41) is 12.6. The predicted octanol–water partition coefficient (Wildman–Crippen LogP) is 2.83. The van der Waals surface area contributed by atoms with Gasteiger partial charge in [-0.15, -0.1) is 0 Å². The zero-order valence-corrected chi connectivity index (χ0v) is 12.2. The quantitative estimate of drug-likeness (QED) is 0.834. The number of anilines is 2. The van der Waals surface area contributed by atoms with Crippen molar-refractivity contribution in [3.05, 3.63) is 23.8 Å². The molecule has 0 radical (unpaired) electrons. The van der Waals surface area contributed by atoms with Crippen LogP contribution in [0.25, 0.3) is 0 Å². The van der Waals surface area contributed by atoms with E-state index in [2.05, 4.69) is 16.3 Å². The lowest BCUT2D eigenvalue weighted by Crippen LogP contribution is -2.46. The highest BCUT2D eigenvalue weighted by atomic mass is 16.3. The molecule has 0 aromatic heterocycles. The van der Waals surface area contributed by atoms with E-state index >= 15 is 0 Å². The van der Waals surface area contributed by atoms with Gasteiger partial charge in [-0.2, -0.15) is 0 Å². The van der Waals surface area contributed by atoms with Crippen molar-refractivity contribution >= 4 is 17.3 Å². The maximum atomic E-state index is 11.6. The number of fused-ring (bicyclic) bond motifs is 2. The van der Waals surface area contributed by atoms with Gasteiger partial charge in [-0.1, -0.05) is 18.9 Å². The minimum Gasteiger partial charge on any atom is -0.378 e. The van der Waals surface area contributed by atoms with E-state index < -0.39 is 6.10 Å². The Morgan fingerprint density at radius 3 is 2.86 bits per heavy atom. The second-order valence-electron chi connectivity index (χ2n) is 6.61. The summed E-state index contributed by atoms with van der Waals surface area (Å²) < 4.78 is 0. The molecule has 1 unspecified atom stereocenters. The van der Waals surface area contributed by atoms with Crippen LogP contribution in [0.15, 0.2) is 18.2 Å². The standard InChI is InChI=1S/C17H22N2O2/c20-16-13-8-7-12(10-14(13)18-17(16)21)19-9-3-5-11-4-1-2-6-15(11)19/h7-8,10-11,15-16,20H,1-6,9H2,(H,18,21)/t11-,15-,16?/m1/s1. The van der Waals surface area contributed by atoms with Crippen LogP contribution in [0.3, 0.4) is 0 Å². The van der Waals surface area contributed by atoms with Crippen molar-refractivity contribution in [3.63, 3.8) is 0 Å². The lowest BCUT2D eigenvalue weighted by Gasteiger charge is -2.45. The van der Waals surface area contributed by atoms with Crippen molar-refractivity contribution in [2.24, 2.45) is 5.92 Å². The number of nitrogens with zero attached hydrogens (tertiary/aromatic N) is 1. The van der Waals surface area contributed by atoms with E-state index in [0.717, 1.165) is 18.2 Å². The number of benzene rings is 1. The first-order valence-electron chi connectivity index (χ1n) is 8.13. The highest BCUT2D eigenvalue weighted by Gasteiger charge is 2.34. The molecule has 3 atom stereocenters. The minimum absolute atomic E-state index is 0.309. The molecule has 0 bridgehead atoms. The molecule has 1 aromatic carbocycles. The molecule has 4 rings (SSSR count). The van der Waals surface area contributed by atoms with Gasteiger partial charge in [0.25, 0.3) is 5.91 Å². The van der Waals surface area contributed by atoms with Gasteiger partial charge < -0.3 is 15.3 Å². The average molecular weight is 286 g/mol. The number of hydrogen-bond donors (Lipinski definition) is 2. The SMILES string of the molecule is O=C1Nc2cc(N3CCC[C@H]4CCCC[C@H]43)ccc2C1O. The van der Waals surface area contributed by atoms with E-state index in [1.807, 2.05) is 12.1 Å². The predicted molar refractivity (Wildman–Crippen MR) is 82.4 cm³/mol. The van der Waals surface area contributed by atoms with Crippen molar-refractivity contribution in [3.8, 4) is 0 Å². The maximum absolute atomic E-state index is 11.6. The topological polar surface area (TPSA) is 52.6 Å². The largest absolute Gasteiger partial charge is 0.378 e. The molecule has 2 fully saturated rings. The molecule has 2 N–H and O–H groups in total. The first-order chi connectivity index (χ1) is 10.2. The highest BCUT2D eigenvalue weighted by molar-refractivity contribution is 6.02. The smallest absolute Gasteiger partial charge is 0.257 e. The average Bonchev–Trinajstić information content (AvgIpc) is 2.81. The van der Waals surface area contributed by atoms with E-state index in [1.165, 1.54) is 44.2 Å². The Morgan fingerprint density at radius 2 is 1.95 bits per heavy atom. The lowest BCUT2D eigenvalue weighted by atomic mass is 9.78. The van der Waals surface area contributed by atoms with Crippen LogP contribution in [0.4, 0.5) is 11.4 Å². The van der Waals surface area contributed by atoms with Gasteiger partial charge in [0.15, 0.2) is 6.10 Å². The molecule has 1 aromatic rings. The molecule has 2 aliphatic heterocycles. The molecule has 2 heterocycles. The van der Waals surface area contributed by atoms with Gasteiger partial charge in [0, 0.05) is 29.5 Å². The fourth-order valence-electron chi connectivity index (χ4n) is 4.36. The second kappa shape index (κ2) is 5.02. The number of carbonyl (C=O) groups excluding carboxylic acids is 1. The molecular formula is C17H22N2O2. The lowest BCUT2D eigenvalue weighted by molar-refractivity contribution is -0.123. The zero-order chi connectivity index (χ0) is 14.4. The monoisotopic (exact) mass is 286 g/mol. The van der Waals surface area contributed by atoms with Crippen LogP contribution in [0.5, 0.6) is 0 Å². The number of piperidine rings is 1. The third kappa shape index (κ3) is 2.13. The van der Waals surface area contributed by atoms with Crippen molar-refractivity contribution in [1.29, 1.82) is 0 Å². The number of hydrogen-bond acceptors (Lipinski definition) is 3. The molecular weight excluding hydrogens is 264 g/mol. The highest BCUT2D eigenvalue weighted by Crippen LogP contribution is 2.40. The van der Waals surface area contributed by atoms with Crippen LogP contribution in [0, 0.1) is 5.92 Å². The Labute approximate surface area is 125 Å². The fourth-order valence-corrected chi connectivity index (χ4v) is 4.36. The van der Waals surface area contributed by atoms with Gasteiger partial charge in [0.1, 0.15) is 0 Å². The first kappa shape index (κ1) is 13.1. The Morgan fingerprint density at radius 1 is 1.14 bits per heavy atom. The number of amides is 1. The number of aliphatic hydroxyl groups excluding tert-OH is 1. The van der Waals surface area contributed by atoms with Gasteiger partial charge >= 0.3 is 0 Å². The minimum atomic E-state index is -1.00. The van der Waals surface area contributed by atoms with E-state index in [4.69, 9.17) is 0 Å². The number of carbonyl (C=O) groups is 1. The van der Waals surface area contributed by atoms with Crippen molar-refractivity contribution in [1.82, 2.24) is 0 Å². The van der Waals surface area contributed by atoms with Gasteiger partial charge in [0.2, 0.25) is 0 Å². The molecule has 1 aliphatic carbocycles. The zero-order valence-electron chi connectivity index (χ0n) is 12.2. The Kier molecular flexibility index (Phi) is 3.14. The van der Waals surface area contributed by atoms with Crippen molar-refractivity contribution < 1.29 is 9.90 Å². The van der Waals surface area contributed by atoms with E-state index in [9.17, 15) is 9.90 Å². The van der Waals surface area contributed by atoms with Crippen LogP contribution < -0.4 is 10.2 Å². The van der Waals surface area contributed by atoms with Gasteiger partial charge in [0.05, 0.1) is 0 Å². The number of aliphatic hydroxyl groups is 1. The summed E-state index contributed by atoms with van der Waals surface area (Å²) in [6.45, 7) is 1.11. The number of rotatable bonds is 1. The molecule has 112 valence electrons. The molecule has 1 saturated carbocycles. The third-order valence-electron chi connectivity index (χ3n) is 5.41. The van der Waals surface area contributed by atoms with Gasteiger partial charge in [-0.25, -0.2) is 0 Å². The molecule has 1 amide bonds. The normalized spacial score (nSPS) is 31.6. The third-order valence-corrected chi connectivity index (χ3v) is 5.41. The molecule has 1 saturated heterocycles. The van der Waals surface area contributed by atoms with Crippen LogP contribution >= 0.6 is 0 Å². The summed E-state index contributed by atoms with van der Waals surface area (Å²) in [6.07, 6.45) is 6.98. The van der Waals surface area contributed by atoms with E-state index in [-0.39, 0.29) is 5.91 Å². The molecule has 4 heteroatoms. The Bertz CT molecular complexity index is 570. The van der Waals surface area contributed by atoms with Crippen LogP contribution in [0.2, 0.25) is 0 Å². The van der Waals surface area contributed by atoms with Crippen LogP contribution in [-0.4, -0.2) is 23.6 Å². The summed E-state index contributed by atoms with van der Waals surface area (Å²) >= 11 is 0. The Hall–Kier alpha value is -1.55. The summed E-state index contributed by atoms with van der Waals surface area (Å²) in [5.41, 5.74) is 2.68. The number of nitrogens with one attached hydrogen (secondary N) is 1. The molecule has 0 spiro atoms. The van der Waals surface area contributed by atoms with Crippen LogP contribution in [0.1, 0.15) is 50.2 Å². The summed E-state index contributed by atoms with van der Waals surface area (Å²) in [4.78, 5) is 14.1.